The van der Waals surface area contributed by atoms with E-state index in [9.17, 15) is 18.4 Å². The van der Waals surface area contributed by atoms with E-state index in [1.807, 2.05) is 0 Å². The number of nitrogens with one attached hydrogen (secondary N) is 1. The second-order valence-corrected chi connectivity index (χ2v) is 6.74. The Kier molecular flexibility index (Phi) is 6.20. The van der Waals surface area contributed by atoms with Gasteiger partial charge in [-0.2, -0.15) is 0 Å². The van der Waals surface area contributed by atoms with E-state index in [2.05, 4.69) is 10.3 Å². The number of fused-ring (bicyclic) bond motifs is 1. The Hall–Kier alpha value is -4.41. The fourth-order valence-corrected chi connectivity index (χ4v) is 2.90. The van der Waals surface area contributed by atoms with Gasteiger partial charge in [0, 0.05) is 24.2 Å². The summed E-state index contributed by atoms with van der Waals surface area (Å²) in [4.78, 5) is 27.0. The summed E-state index contributed by atoms with van der Waals surface area (Å²) in [5.74, 6) is -2.28. The average Bonchev–Trinajstić information content (AvgIpc) is 3.26. The van der Waals surface area contributed by atoms with Crippen molar-refractivity contribution in [1.82, 2.24) is 10.3 Å². The molecule has 0 saturated heterocycles. The smallest absolute Gasteiger partial charge is 0.341 e. The van der Waals surface area contributed by atoms with Crippen molar-refractivity contribution in [3.8, 4) is 28.9 Å². The third-order valence-corrected chi connectivity index (χ3v) is 4.45. The van der Waals surface area contributed by atoms with E-state index < -0.39 is 30.1 Å². The predicted molar refractivity (Wildman–Crippen MR) is 108 cm³/mol. The number of carboxylic acids is 1. The van der Waals surface area contributed by atoms with Crippen molar-refractivity contribution in [1.29, 1.82) is 0 Å². The molecule has 2 aromatic carbocycles. The number of hydrogen-bond acceptors (Lipinski definition) is 7. The number of nitrogens with zero attached hydrogens (tertiary/aromatic N) is 1. The summed E-state index contributed by atoms with van der Waals surface area (Å²) in [6.45, 7) is -0.775. The van der Waals surface area contributed by atoms with Crippen LogP contribution in [0, 0.1) is 11.6 Å². The molecule has 33 heavy (non-hydrogen) atoms. The average molecular weight is 458 g/mol. The molecule has 0 saturated carbocycles. The van der Waals surface area contributed by atoms with Crippen molar-refractivity contribution in [3.05, 3.63) is 71.4 Å². The number of benzene rings is 2. The Morgan fingerprint density at radius 3 is 2.64 bits per heavy atom. The number of carbonyl (C=O) groups excluding carboxylic acids is 1. The molecule has 0 radical (unpaired) electrons. The van der Waals surface area contributed by atoms with Crippen LogP contribution in [0.1, 0.15) is 15.9 Å². The summed E-state index contributed by atoms with van der Waals surface area (Å²) in [6, 6.07) is 9.38. The standard InChI is InChI=1S/C22H16F2N2O7/c23-13-5-16(22(26-9-13)33-15-3-4-18-19(7-15)32-11-31-18)21(29)25-8-12-1-2-14(6-17(12)24)30-10-20(27)28/h1-7,9H,8,10-11H2,(H,25,29)(H,27,28). The SMILES string of the molecule is O=C(O)COc1ccc(CNC(=O)c2cc(F)cnc2Oc2ccc3c(c2)OCO3)c(F)c1. The number of carbonyl (C=O) groups is 2. The van der Waals surface area contributed by atoms with Gasteiger partial charge in [-0.3, -0.25) is 4.79 Å². The van der Waals surface area contributed by atoms with E-state index in [-0.39, 0.29) is 41.8 Å². The van der Waals surface area contributed by atoms with Gasteiger partial charge in [-0.05, 0) is 24.3 Å². The van der Waals surface area contributed by atoms with Gasteiger partial charge in [-0.15, -0.1) is 0 Å². The number of hydrogen-bond donors (Lipinski definition) is 2. The molecule has 11 heteroatoms. The number of amides is 1. The number of pyridine rings is 1. The van der Waals surface area contributed by atoms with Gasteiger partial charge in [0.2, 0.25) is 12.7 Å². The minimum Gasteiger partial charge on any atom is -0.482 e. The van der Waals surface area contributed by atoms with Crippen molar-refractivity contribution in [2.45, 2.75) is 6.54 Å². The Morgan fingerprint density at radius 2 is 1.85 bits per heavy atom. The van der Waals surface area contributed by atoms with Crippen LogP contribution in [0.3, 0.4) is 0 Å². The van der Waals surface area contributed by atoms with Crippen LogP contribution in [0.4, 0.5) is 8.78 Å². The van der Waals surface area contributed by atoms with Crippen molar-refractivity contribution in [2.24, 2.45) is 0 Å². The third-order valence-electron chi connectivity index (χ3n) is 4.45. The first-order valence-corrected chi connectivity index (χ1v) is 9.53. The Balaban J connectivity index is 1.46. The molecule has 1 aliphatic heterocycles. The molecule has 170 valence electrons. The van der Waals surface area contributed by atoms with Gasteiger partial charge >= 0.3 is 5.97 Å². The first-order chi connectivity index (χ1) is 15.9. The number of halogens is 2. The molecule has 0 unspecified atom stereocenters. The second kappa shape index (κ2) is 9.39. The molecular weight excluding hydrogens is 442 g/mol. The highest BCUT2D eigenvalue weighted by molar-refractivity contribution is 5.96. The van der Waals surface area contributed by atoms with E-state index in [1.54, 1.807) is 18.2 Å². The molecule has 2 heterocycles. The summed E-state index contributed by atoms with van der Waals surface area (Å²) < 4.78 is 49.1. The molecule has 4 rings (SSSR count). The van der Waals surface area contributed by atoms with Crippen molar-refractivity contribution in [2.75, 3.05) is 13.4 Å². The van der Waals surface area contributed by atoms with Gasteiger partial charge in [0.1, 0.15) is 28.7 Å². The lowest BCUT2D eigenvalue weighted by molar-refractivity contribution is -0.139. The van der Waals surface area contributed by atoms with Gasteiger partial charge in [0.25, 0.3) is 5.91 Å². The molecule has 9 nitrogen and oxygen atoms in total. The van der Waals surface area contributed by atoms with Crippen LogP contribution >= 0.6 is 0 Å². The zero-order valence-corrected chi connectivity index (χ0v) is 16.8. The molecule has 0 atom stereocenters. The lowest BCUT2D eigenvalue weighted by Gasteiger charge is -2.12. The summed E-state index contributed by atoms with van der Waals surface area (Å²) >= 11 is 0. The van der Waals surface area contributed by atoms with Crippen LogP contribution in [0.25, 0.3) is 0 Å². The van der Waals surface area contributed by atoms with Crippen LogP contribution < -0.4 is 24.3 Å². The zero-order chi connectivity index (χ0) is 23.4. The fraction of sp³-hybridized carbons (Fsp3) is 0.136. The Labute approximate surface area is 185 Å². The van der Waals surface area contributed by atoms with Crippen LogP contribution in [-0.2, 0) is 11.3 Å². The monoisotopic (exact) mass is 458 g/mol. The minimum absolute atomic E-state index is 0.0266. The van der Waals surface area contributed by atoms with Gasteiger partial charge in [-0.25, -0.2) is 18.6 Å². The zero-order valence-electron chi connectivity index (χ0n) is 16.8. The molecule has 1 amide bonds. The van der Waals surface area contributed by atoms with Gasteiger partial charge in [-0.1, -0.05) is 6.07 Å². The fourth-order valence-electron chi connectivity index (χ4n) is 2.90. The van der Waals surface area contributed by atoms with Gasteiger partial charge in [0.15, 0.2) is 18.1 Å². The molecule has 3 aromatic rings. The van der Waals surface area contributed by atoms with Crippen molar-refractivity contribution >= 4 is 11.9 Å². The second-order valence-electron chi connectivity index (χ2n) is 6.74. The lowest BCUT2D eigenvalue weighted by atomic mass is 10.2. The number of carboxylic acid groups (broad SMARTS) is 1. The molecule has 0 spiro atoms. The van der Waals surface area contributed by atoms with E-state index in [0.717, 1.165) is 18.3 Å². The Bertz CT molecular complexity index is 1220. The van der Waals surface area contributed by atoms with E-state index in [4.69, 9.17) is 24.1 Å². The van der Waals surface area contributed by atoms with E-state index in [1.165, 1.54) is 12.1 Å². The van der Waals surface area contributed by atoms with Crippen molar-refractivity contribution < 1.29 is 42.4 Å². The molecule has 1 aliphatic rings. The maximum Gasteiger partial charge on any atom is 0.341 e. The predicted octanol–water partition coefficient (Wildman–Crippen LogP) is 3.27. The van der Waals surface area contributed by atoms with E-state index in [0.29, 0.717) is 11.5 Å². The maximum absolute atomic E-state index is 14.3. The third kappa shape index (κ3) is 5.26. The minimum atomic E-state index is -1.20. The summed E-state index contributed by atoms with van der Waals surface area (Å²) in [5.41, 5.74) is -0.0943. The number of rotatable bonds is 8. The molecule has 1 aromatic heterocycles. The van der Waals surface area contributed by atoms with Crippen LogP contribution in [0.2, 0.25) is 0 Å². The molecule has 0 bridgehead atoms. The number of aromatic nitrogens is 1. The molecule has 2 N–H and O–H groups in total. The topological polar surface area (TPSA) is 116 Å². The highest BCUT2D eigenvalue weighted by atomic mass is 19.1. The summed E-state index contributed by atoms with van der Waals surface area (Å²) in [6.07, 6.45) is 0.897. The van der Waals surface area contributed by atoms with Gasteiger partial charge < -0.3 is 29.4 Å². The van der Waals surface area contributed by atoms with Crippen LogP contribution in [0.15, 0.2) is 48.7 Å². The van der Waals surface area contributed by atoms with E-state index >= 15 is 0 Å². The largest absolute Gasteiger partial charge is 0.482 e. The summed E-state index contributed by atoms with van der Waals surface area (Å²) in [7, 11) is 0. The van der Waals surface area contributed by atoms with Crippen molar-refractivity contribution in [3.63, 3.8) is 0 Å². The van der Waals surface area contributed by atoms with Gasteiger partial charge in [0.05, 0.1) is 6.20 Å². The number of aliphatic carboxylic acids is 1. The van der Waals surface area contributed by atoms with Crippen LogP contribution in [0.5, 0.6) is 28.9 Å². The quantitative estimate of drug-likeness (QED) is 0.529. The summed E-state index contributed by atoms with van der Waals surface area (Å²) in [5, 5.41) is 11.1. The highest BCUT2D eigenvalue weighted by Crippen LogP contribution is 2.36. The highest BCUT2D eigenvalue weighted by Gasteiger charge is 2.19. The number of ether oxygens (including phenoxy) is 4. The normalized spacial score (nSPS) is 11.7. The lowest BCUT2D eigenvalue weighted by Crippen LogP contribution is -2.24. The van der Waals surface area contributed by atoms with Crippen LogP contribution in [-0.4, -0.2) is 35.4 Å². The first-order valence-electron chi connectivity index (χ1n) is 9.53. The molecule has 0 aliphatic carbocycles. The maximum atomic E-state index is 14.3. The molecule has 0 fully saturated rings. The molecular formula is C22H16F2N2O7. The Morgan fingerprint density at radius 1 is 1.06 bits per heavy atom. The first kappa shape index (κ1) is 21.8.